The molecule has 1 rings (SSSR count). The van der Waals surface area contributed by atoms with Gasteiger partial charge in [-0.2, -0.15) is 4.98 Å². The fourth-order valence-corrected chi connectivity index (χ4v) is 1.27. The lowest BCUT2D eigenvalue weighted by Gasteiger charge is -2.13. The van der Waals surface area contributed by atoms with E-state index in [0.29, 0.717) is 11.8 Å². The molecule has 0 aliphatic carbocycles. The van der Waals surface area contributed by atoms with Crippen molar-refractivity contribution in [3.63, 3.8) is 0 Å². The third kappa shape index (κ3) is 3.68. The van der Waals surface area contributed by atoms with Crippen LogP contribution in [0.5, 0.6) is 5.88 Å². The number of anilines is 1. The van der Waals surface area contributed by atoms with Gasteiger partial charge in [0.25, 0.3) is 0 Å². The maximum absolute atomic E-state index is 5.60. The Hall–Kier alpha value is -1.32. The second-order valence-electron chi connectivity index (χ2n) is 4.30. The summed E-state index contributed by atoms with van der Waals surface area (Å²) in [4.78, 5) is 8.81. The van der Waals surface area contributed by atoms with E-state index in [4.69, 9.17) is 4.74 Å². The molecule has 0 atom stereocenters. The van der Waals surface area contributed by atoms with Gasteiger partial charge in [-0.25, -0.2) is 4.98 Å². The number of rotatable bonds is 5. The van der Waals surface area contributed by atoms with Crippen LogP contribution in [0.3, 0.4) is 0 Å². The summed E-state index contributed by atoms with van der Waals surface area (Å²) in [6, 6.07) is 1.84. The SMILES string of the molecule is CCNc1cc(OC(C)C)nc(C(C)C)n1. The summed E-state index contributed by atoms with van der Waals surface area (Å²) >= 11 is 0. The molecule has 1 aromatic rings. The molecule has 4 heteroatoms. The van der Waals surface area contributed by atoms with Crippen molar-refractivity contribution in [3.05, 3.63) is 11.9 Å². The van der Waals surface area contributed by atoms with Crippen molar-refractivity contribution in [2.75, 3.05) is 11.9 Å². The van der Waals surface area contributed by atoms with Crippen molar-refractivity contribution in [1.29, 1.82) is 0 Å². The zero-order chi connectivity index (χ0) is 12.1. The molecule has 0 spiro atoms. The maximum Gasteiger partial charge on any atom is 0.218 e. The Morgan fingerprint density at radius 3 is 2.44 bits per heavy atom. The van der Waals surface area contributed by atoms with Gasteiger partial charge in [0.2, 0.25) is 5.88 Å². The van der Waals surface area contributed by atoms with Crippen molar-refractivity contribution >= 4 is 5.82 Å². The van der Waals surface area contributed by atoms with E-state index >= 15 is 0 Å². The van der Waals surface area contributed by atoms with E-state index in [0.717, 1.165) is 18.2 Å². The molecule has 0 unspecified atom stereocenters. The Kier molecular flexibility index (Phi) is 4.52. The molecule has 0 aromatic carbocycles. The van der Waals surface area contributed by atoms with Gasteiger partial charge in [-0.3, -0.25) is 0 Å². The van der Waals surface area contributed by atoms with Gasteiger partial charge in [0.1, 0.15) is 11.6 Å². The second-order valence-corrected chi connectivity index (χ2v) is 4.30. The molecular formula is C12H21N3O. The highest BCUT2D eigenvalue weighted by molar-refractivity contribution is 5.38. The van der Waals surface area contributed by atoms with Crippen LogP contribution < -0.4 is 10.1 Å². The first-order chi connectivity index (χ1) is 7.52. The average molecular weight is 223 g/mol. The van der Waals surface area contributed by atoms with Gasteiger partial charge in [-0.05, 0) is 20.8 Å². The van der Waals surface area contributed by atoms with Gasteiger partial charge >= 0.3 is 0 Å². The molecule has 90 valence electrons. The summed E-state index contributed by atoms with van der Waals surface area (Å²) in [6.07, 6.45) is 0.129. The first-order valence-corrected chi connectivity index (χ1v) is 5.82. The van der Waals surface area contributed by atoms with Crippen molar-refractivity contribution in [3.8, 4) is 5.88 Å². The summed E-state index contributed by atoms with van der Waals surface area (Å²) in [5.41, 5.74) is 0. The number of hydrogen-bond acceptors (Lipinski definition) is 4. The van der Waals surface area contributed by atoms with Crippen molar-refractivity contribution in [2.45, 2.75) is 46.6 Å². The first kappa shape index (κ1) is 12.7. The Morgan fingerprint density at radius 2 is 1.94 bits per heavy atom. The topological polar surface area (TPSA) is 47.0 Å². The average Bonchev–Trinajstić information content (AvgIpc) is 2.16. The van der Waals surface area contributed by atoms with Crippen molar-refractivity contribution in [2.24, 2.45) is 0 Å². The minimum atomic E-state index is 0.129. The van der Waals surface area contributed by atoms with Crippen LogP contribution in [0, 0.1) is 0 Å². The fraction of sp³-hybridized carbons (Fsp3) is 0.667. The molecular weight excluding hydrogens is 202 g/mol. The summed E-state index contributed by atoms with van der Waals surface area (Å²) in [5, 5.41) is 3.19. The Balaban J connectivity index is 2.98. The monoisotopic (exact) mass is 223 g/mol. The predicted octanol–water partition coefficient (Wildman–Crippen LogP) is 2.82. The van der Waals surface area contributed by atoms with Gasteiger partial charge < -0.3 is 10.1 Å². The van der Waals surface area contributed by atoms with Crippen LogP contribution in [0.25, 0.3) is 0 Å². The molecule has 0 aliphatic rings. The standard InChI is InChI=1S/C12H21N3O/c1-6-13-10-7-11(16-9(4)5)15-12(14-10)8(2)3/h7-9H,6H2,1-5H3,(H,13,14,15). The van der Waals surface area contributed by atoms with E-state index in [1.54, 1.807) is 0 Å². The summed E-state index contributed by atoms with van der Waals surface area (Å²) in [7, 11) is 0. The molecule has 1 N–H and O–H groups in total. The van der Waals surface area contributed by atoms with Gasteiger partial charge in [0.05, 0.1) is 6.10 Å². The third-order valence-electron chi connectivity index (χ3n) is 1.95. The lowest BCUT2D eigenvalue weighted by atomic mass is 10.2. The second kappa shape index (κ2) is 5.68. The van der Waals surface area contributed by atoms with E-state index < -0.39 is 0 Å². The molecule has 0 fully saturated rings. The number of nitrogens with one attached hydrogen (secondary N) is 1. The van der Waals surface area contributed by atoms with Crippen LogP contribution in [0.15, 0.2) is 6.07 Å². The predicted molar refractivity (Wildman–Crippen MR) is 66.0 cm³/mol. The van der Waals surface area contributed by atoms with Crippen LogP contribution in [0.2, 0.25) is 0 Å². The number of ether oxygens (including phenoxy) is 1. The van der Waals surface area contributed by atoms with Crippen LogP contribution in [-0.2, 0) is 0 Å². The molecule has 16 heavy (non-hydrogen) atoms. The van der Waals surface area contributed by atoms with E-state index in [-0.39, 0.29) is 6.10 Å². The Labute approximate surface area is 97.5 Å². The number of nitrogens with zero attached hydrogens (tertiary/aromatic N) is 2. The van der Waals surface area contributed by atoms with Crippen LogP contribution in [-0.4, -0.2) is 22.6 Å². The van der Waals surface area contributed by atoms with E-state index in [1.807, 2.05) is 26.8 Å². The Morgan fingerprint density at radius 1 is 1.25 bits per heavy atom. The van der Waals surface area contributed by atoms with E-state index in [2.05, 4.69) is 29.1 Å². The smallest absolute Gasteiger partial charge is 0.218 e. The largest absolute Gasteiger partial charge is 0.475 e. The van der Waals surface area contributed by atoms with Gasteiger partial charge in [-0.15, -0.1) is 0 Å². The van der Waals surface area contributed by atoms with Gasteiger partial charge in [0, 0.05) is 18.5 Å². The molecule has 0 bridgehead atoms. The summed E-state index contributed by atoms with van der Waals surface area (Å²) in [5.74, 6) is 2.59. The zero-order valence-corrected chi connectivity index (χ0v) is 10.7. The summed E-state index contributed by atoms with van der Waals surface area (Å²) < 4.78 is 5.60. The molecule has 1 heterocycles. The highest BCUT2D eigenvalue weighted by Gasteiger charge is 2.09. The fourth-order valence-electron chi connectivity index (χ4n) is 1.27. The maximum atomic E-state index is 5.60. The highest BCUT2D eigenvalue weighted by Crippen LogP contribution is 2.19. The lowest BCUT2D eigenvalue weighted by molar-refractivity contribution is 0.231. The highest BCUT2D eigenvalue weighted by atomic mass is 16.5. The number of aromatic nitrogens is 2. The molecule has 1 aromatic heterocycles. The van der Waals surface area contributed by atoms with Crippen LogP contribution in [0.4, 0.5) is 5.82 Å². The van der Waals surface area contributed by atoms with Gasteiger partial charge in [0.15, 0.2) is 0 Å². The zero-order valence-electron chi connectivity index (χ0n) is 10.7. The molecule has 0 radical (unpaired) electrons. The molecule has 4 nitrogen and oxygen atoms in total. The molecule has 0 saturated heterocycles. The van der Waals surface area contributed by atoms with E-state index in [9.17, 15) is 0 Å². The minimum absolute atomic E-state index is 0.129. The van der Waals surface area contributed by atoms with Crippen LogP contribution in [0.1, 0.15) is 46.4 Å². The molecule has 0 aliphatic heterocycles. The van der Waals surface area contributed by atoms with Gasteiger partial charge in [-0.1, -0.05) is 13.8 Å². The normalized spacial score (nSPS) is 10.9. The van der Waals surface area contributed by atoms with Crippen LogP contribution >= 0.6 is 0 Å². The summed E-state index contributed by atoms with van der Waals surface area (Å²) in [6.45, 7) is 11.0. The quantitative estimate of drug-likeness (QED) is 0.833. The third-order valence-corrected chi connectivity index (χ3v) is 1.95. The minimum Gasteiger partial charge on any atom is -0.475 e. The first-order valence-electron chi connectivity index (χ1n) is 5.82. The Bertz CT molecular complexity index is 337. The number of hydrogen-bond donors (Lipinski definition) is 1. The molecule has 0 saturated carbocycles. The molecule has 0 amide bonds. The van der Waals surface area contributed by atoms with Crippen molar-refractivity contribution in [1.82, 2.24) is 9.97 Å². The van der Waals surface area contributed by atoms with Crippen molar-refractivity contribution < 1.29 is 4.74 Å². The van der Waals surface area contributed by atoms with E-state index in [1.165, 1.54) is 0 Å². The lowest BCUT2D eigenvalue weighted by Crippen LogP contribution is -2.11.